The number of rotatable bonds is 4. The second kappa shape index (κ2) is 7.43. The second-order valence-electron chi connectivity index (χ2n) is 6.04. The Balaban J connectivity index is 1.85. The number of pyridine rings is 1. The van der Waals surface area contributed by atoms with Crippen LogP contribution in [0.1, 0.15) is 5.56 Å². The normalized spacial score (nSPS) is 10.6. The number of methoxy groups -OCH3 is 1. The van der Waals surface area contributed by atoms with Crippen LogP contribution in [0.3, 0.4) is 0 Å². The highest BCUT2D eigenvalue weighted by Gasteiger charge is 2.14. The van der Waals surface area contributed by atoms with E-state index in [1.54, 1.807) is 18.3 Å². The largest absolute Gasteiger partial charge is 0.495 e. The van der Waals surface area contributed by atoms with Crippen molar-refractivity contribution in [2.75, 3.05) is 12.4 Å². The first-order valence-corrected chi connectivity index (χ1v) is 9.12. The summed E-state index contributed by atoms with van der Waals surface area (Å²) in [5.41, 5.74) is 3.35. The number of halogens is 2. The Morgan fingerprint density at radius 2 is 1.89 bits per heavy atom. The minimum atomic E-state index is 0.409. The van der Waals surface area contributed by atoms with E-state index < -0.39 is 0 Å². The number of aromatic nitrogens is 2. The van der Waals surface area contributed by atoms with Gasteiger partial charge in [0.05, 0.1) is 39.6 Å². The molecule has 0 saturated heterocycles. The lowest BCUT2D eigenvalue weighted by Gasteiger charge is -2.15. The molecular formula is C21H14Cl2N4O. The molecule has 2 heterocycles. The highest BCUT2D eigenvalue weighted by Crippen LogP contribution is 2.38. The van der Waals surface area contributed by atoms with E-state index in [0.717, 1.165) is 16.6 Å². The van der Waals surface area contributed by atoms with Gasteiger partial charge in [-0.1, -0.05) is 23.2 Å². The molecule has 0 aliphatic carbocycles. The van der Waals surface area contributed by atoms with Crippen molar-refractivity contribution in [3.8, 4) is 17.5 Å². The van der Waals surface area contributed by atoms with Gasteiger partial charge in [0.1, 0.15) is 11.8 Å². The molecule has 4 rings (SSSR count). The van der Waals surface area contributed by atoms with Crippen LogP contribution in [0.25, 0.3) is 16.6 Å². The van der Waals surface area contributed by atoms with Crippen molar-refractivity contribution in [3.63, 3.8) is 0 Å². The van der Waals surface area contributed by atoms with E-state index >= 15 is 0 Å². The topological polar surface area (TPSA) is 62.9 Å². The number of fused-ring (bicyclic) bond motifs is 1. The van der Waals surface area contributed by atoms with E-state index in [1.165, 1.54) is 7.11 Å². The van der Waals surface area contributed by atoms with Crippen molar-refractivity contribution < 1.29 is 4.74 Å². The van der Waals surface area contributed by atoms with Gasteiger partial charge in [-0.2, -0.15) is 5.26 Å². The van der Waals surface area contributed by atoms with E-state index in [2.05, 4.69) is 16.4 Å². The number of anilines is 2. The van der Waals surface area contributed by atoms with Crippen LogP contribution in [0, 0.1) is 11.3 Å². The van der Waals surface area contributed by atoms with Gasteiger partial charge in [-0.15, -0.1) is 0 Å². The van der Waals surface area contributed by atoms with E-state index in [9.17, 15) is 5.26 Å². The molecule has 4 aromatic rings. The molecule has 0 unspecified atom stereocenters. The van der Waals surface area contributed by atoms with Crippen LogP contribution in [0.15, 0.2) is 61.1 Å². The fourth-order valence-electron chi connectivity index (χ4n) is 2.98. The molecule has 1 N–H and O–H groups in total. The van der Waals surface area contributed by atoms with Crippen molar-refractivity contribution in [1.82, 2.24) is 9.55 Å². The smallest absolute Gasteiger partial charge is 0.139 e. The zero-order chi connectivity index (χ0) is 19.7. The summed E-state index contributed by atoms with van der Waals surface area (Å²) in [4.78, 5) is 4.44. The molecule has 2 aromatic carbocycles. The van der Waals surface area contributed by atoms with Crippen LogP contribution >= 0.6 is 23.2 Å². The molecule has 0 atom stereocenters. The van der Waals surface area contributed by atoms with Crippen molar-refractivity contribution in [3.05, 3.63) is 76.7 Å². The molecule has 0 bridgehead atoms. The molecule has 0 spiro atoms. The van der Waals surface area contributed by atoms with Gasteiger partial charge in [0.15, 0.2) is 0 Å². The van der Waals surface area contributed by atoms with Crippen molar-refractivity contribution in [1.29, 1.82) is 5.26 Å². The Morgan fingerprint density at radius 1 is 1.11 bits per heavy atom. The molecule has 2 aromatic heterocycles. The quantitative estimate of drug-likeness (QED) is 0.452. The zero-order valence-electron chi connectivity index (χ0n) is 14.8. The summed E-state index contributed by atoms with van der Waals surface area (Å²) in [7, 11) is 1.53. The van der Waals surface area contributed by atoms with Gasteiger partial charge in [0.2, 0.25) is 0 Å². The molecule has 0 amide bonds. The maximum absolute atomic E-state index is 9.56. The predicted molar refractivity (Wildman–Crippen MR) is 112 cm³/mol. The van der Waals surface area contributed by atoms with Crippen LogP contribution in [-0.2, 0) is 0 Å². The number of nitrogens with zero attached hydrogens (tertiary/aromatic N) is 3. The number of nitrogens with one attached hydrogen (secondary N) is 1. The van der Waals surface area contributed by atoms with Crippen LogP contribution in [0.2, 0.25) is 10.0 Å². The van der Waals surface area contributed by atoms with Crippen molar-refractivity contribution >= 4 is 45.5 Å². The highest BCUT2D eigenvalue weighted by atomic mass is 35.5. The SMILES string of the molecule is COc1cc(Nc2c(C#N)cnc3cc(-n4cccc4)ccc23)c(Cl)cc1Cl. The standard InChI is InChI=1S/C21H14Cl2N4O/c1-28-20-10-19(16(22)9-17(20)23)26-21-13(11-24)12-25-18-8-14(4-5-15(18)21)27-6-2-3-7-27/h2-10,12H,1H3,(H,25,26). The maximum atomic E-state index is 9.56. The fraction of sp³-hybridized carbons (Fsp3) is 0.0476. The molecule has 5 nitrogen and oxygen atoms in total. The Labute approximate surface area is 171 Å². The van der Waals surface area contributed by atoms with Gasteiger partial charge in [-0.05, 0) is 36.4 Å². The van der Waals surface area contributed by atoms with E-state index in [-0.39, 0.29) is 0 Å². The average molecular weight is 409 g/mol. The molecule has 7 heteroatoms. The second-order valence-corrected chi connectivity index (χ2v) is 6.86. The Kier molecular flexibility index (Phi) is 4.82. The summed E-state index contributed by atoms with van der Waals surface area (Å²) in [5, 5.41) is 14.5. The third kappa shape index (κ3) is 3.24. The number of nitriles is 1. The first kappa shape index (κ1) is 18.2. The van der Waals surface area contributed by atoms with E-state index in [0.29, 0.717) is 32.7 Å². The van der Waals surface area contributed by atoms with E-state index in [4.69, 9.17) is 27.9 Å². The average Bonchev–Trinajstić information content (AvgIpc) is 3.24. The fourth-order valence-corrected chi connectivity index (χ4v) is 3.49. The Morgan fingerprint density at radius 3 is 2.61 bits per heavy atom. The number of ether oxygens (including phenoxy) is 1. The first-order chi connectivity index (χ1) is 13.6. The number of benzene rings is 2. The van der Waals surface area contributed by atoms with Crippen LogP contribution in [0.5, 0.6) is 5.75 Å². The minimum absolute atomic E-state index is 0.409. The van der Waals surface area contributed by atoms with Crippen LogP contribution < -0.4 is 10.1 Å². The predicted octanol–water partition coefficient (Wildman–Crippen LogP) is 5.96. The van der Waals surface area contributed by atoms with Crippen LogP contribution in [-0.4, -0.2) is 16.7 Å². The van der Waals surface area contributed by atoms with Gasteiger partial charge in [-0.3, -0.25) is 4.98 Å². The molecule has 138 valence electrons. The van der Waals surface area contributed by atoms with Crippen molar-refractivity contribution in [2.24, 2.45) is 0 Å². The summed E-state index contributed by atoms with van der Waals surface area (Å²) in [6.07, 6.45) is 5.47. The minimum Gasteiger partial charge on any atom is -0.495 e. The Hall–Kier alpha value is -3.20. The van der Waals surface area contributed by atoms with Gasteiger partial charge < -0.3 is 14.6 Å². The molecule has 0 fully saturated rings. The summed E-state index contributed by atoms with van der Waals surface area (Å²) in [6, 6.07) is 15.3. The third-order valence-corrected chi connectivity index (χ3v) is 4.98. The highest BCUT2D eigenvalue weighted by molar-refractivity contribution is 6.37. The van der Waals surface area contributed by atoms with Gasteiger partial charge in [0.25, 0.3) is 0 Å². The lowest BCUT2D eigenvalue weighted by Crippen LogP contribution is -1.99. The van der Waals surface area contributed by atoms with E-state index in [1.807, 2.05) is 47.3 Å². The number of hydrogen-bond acceptors (Lipinski definition) is 4. The maximum Gasteiger partial charge on any atom is 0.139 e. The summed E-state index contributed by atoms with van der Waals surface area (Å²) in [5.74, 6) is 0.486. The zero-order valence-corrected chi connectivity index (χ0v) is 16.3. The molecule has 28 heavy (non-hydrogen) atoms. The molecule has 0 saturated carbocycles. The summed E-state index contributed by atoms with van der Waals surface area (Å²) < 4.78 is 7.26. The lowest BCUT2D eigenvalue weighted by atomic mass is 10.1. The summed E-state index contributed by atoms with van der Waals surface area (Å²) in [6.45, 7) is 0. The van der Waals surface area contributed by atoms with Gasteiger partial charge >= 0.3 is 0 Å². The molecule has 0 radical (unpaired) electrons. The van der Waals surface area contributed by atoms with Crippen LogP contribution in [0.4, 0.5) is 11.4 Å². The lowest BCUT2D eigenvalue weighted by molar-refractivity contribution is 0.415. The monoisotopic (exact) mass is 408 g/mol. The van der Waals surface area contributed by atoms with Gasteiger partial charge in [-0.25, -0.2) is 0 Å². The van der Waals surface area contributed by atoms with Gasteiger partial charge in [0, 0.05) is 35.7 Å². The Bertz CT molecular complexity index is 1210. The third-order valence-electron chi connectivity index (χ3n) is 4.38. The number of hydrogen-bond donors (Lipinski definition) is 1. The molecular weight excluding hydrogens is 395 g/mol. The molecule has 0 aliphatic rings. The molecule has 0 aliphatic heterocycles. The van der Waals surface area contributed by atoms with Crippen molar-refractivity contribution in [2.45, 2.75) is 0 Å². The summed E-state index contributed by atoms with van der Waals surface area (Å²) >= 11 is 12.5. The first-order valence-electron chi connectivity index (χ1n) is 8.37.